The summed E-state index contributed by atoms with van der Waals surface area (Å²) < 4.78 is 5.03. The molecule has 6 heteroatoms. The number of carbonyl (C=O) groups is 1. The molecule has 0 aliphatic heterocycles. The first-order valence-corrected chi connectivity index (χ1v) is 8.11. The molecule has 0 aliphatic rings. The molecule has 0 unspecified atom stereocenters. The summed E-state index contributed by atoms with van der Waals surface area (Å²) in [6.07, 6.45) is 1.93. The number of aromatic nitrogens is 3. The van der Waals surface area contributed by atoms with Crippen LogP contribution in [0.1, 0.15) is 0 Å². The van der Waals surface area contributed by atoms with Crippen LogP contribution in [0, 0.1) is 0 Å². The van der Waals surface area contributed by atoms with E-state index in [1.807, 2.05) is 71.0 Å². The van der Waals surface area contributed by atoms with Crippen LogP contribution < -0.4 is 9.88 Å². The molecular formula is C17H15N4OS+. The second-order valence-corrected chi connectivity index (χ2v) is 6.41. The third kappa shape index (κ3) is 2.57. The predicted molar refractivity (Wildman–Crippen MR) is 91.4 cm³/mol. The van der Waals surface area contributed by atoms with Crippen LogP contribution in [0.25, 0.3) is 21.3 Å². The van der Waals surface area contributed by atoms with Crippen molar-refractivity contribution in [3.63, 3.8) is 0 Å². The van der Waals surface area contributed by atoms with Crippen molar-refractivity contribution in [1.82, 2.24) is 9.55 Å². The number of benzene rings is 2. The van der Waals surface area contributed by atoms with Gasteiger partial charge in [-0.1, -0.05) is 35.6 Å². The summed E-state index contributed by atoms with van der Waals surface area (Å²) in [6.45, 7) is 0.261. The Morgan fingerprint density at radius 3 is 2.87 bits per heavy atom. The maximum atomic E-state index is 12.3. The molecule has 0 fully saturated rings. The molecule has 0 radical (unpaired) electrons. The average molecular weight is 323 g/mol. The van der Waals surface area contributed by atoms with Crippen LogP contribution in [-0.2, 0) is 18.4 Å². The molecule has 1 N–H and O–H groups in total. The summed E-state index contributed by atoms with van der Waals surface area (Å²) in [5.41, 5.74) is 3.04. The first kappa shape index (κ1) is 13.9. The van der Waals surface area contributed by atoms with E-state index >= 15 is 0 Å². The molecular weight excluding hydrogens is 308 g/mol. The number of nitrogens with zero attached hydrogens (tertiary/aromatic N) is 3. The zero-order valence-corrected chi connectivity index (χ0v) is 13.4. The van der Waals surface area contributed by atoms with Crippen molar-refractivity contribution in [2.24, 2.45) is 7.05 Å². The largest absolute Gasteiger partial charge is 0.298 e. The highest BCUT2D eigenvalue weighted by atomic mass is 32.1. The van der Waals surface area contributed by atoms with Gasteiger partial charge in [-0.2, -0.15) is 0 Å². The minimum absolute atomic E-state index is 0.0783. The number of hydrogen-bond acceptors (Lipinski definition) is 3. The molecule has 2 aromatic heterocycles. The van der Waals surface area contributed by atoms with E-state index in [2.05, 4.69) is 10.3 Å². The molecule has 2 heterocycles. The van der Waals surface area contributed by atoms with Crippen LogP contribution in [0.5, 0.6) is 0 Å². The highest BCUT2D eigenvalue weighted by molar-refractivity contribution is 7.22. The number of amides is 1. The van der Waals surface area contributed by atoms with Crippen LogP contribution in [-0.4, -0.2) is 15.5 Å². The minimum atomic E-state index is -0.0783. The van der Waals surface area contributed by atoms with Crippen molar-refractivity contribution in [1.29, 1.82) is 0 Å². The fourth-order valence-electron chi connectivity index (χ4n) is 2.70. The van der Waals surface area contributed by atoms with Crippen molar-refractivity contribution in [3.05, 3.63) is 54.9 Å². The number of thiazole rings is 1. The van der Waals surface area contributed by atoms with E-state index in [-0.39, 0.29) is 12.5 Å². The van der Waals surface area contributed by atoms with Gasteiger partial charge < -0.3 is 0 Å². The number of para-hydroxylation sites is 3. The molecule has 23 heavy (non-hydrogen) atoms. The number of fused-ring (bicyclic) bond motifs is 2. The smallest absolute Gasteiger partial charge is 0.268 e. The number of hydrogen-bond donors (Lipinski definition) is 1. The Morgan fingerprint density at radius 2 is 2.00 bits per heavy atom. The summed E-state index contributed by atoms with van der Waals surface area (Å²) in [5, 5.41) is 3.53. The van der Waals surface area contributed by atoms with Crippen LogP contribution in [0.15, 0.2) is 54.9 Å². The highest BCUT2D eigenvalue weighted by Gasteiger charge is 2.16. The summed E-state index contributed by atoms with van der Waals surface area (Å²) in [6, 6.07) is 15.9. The first-order chi connectivity index (χ1) is 11.2. The van der Waals surface area contributed by atoms with Gasteiger partial charge >= 0.3 is 0 Å². The second kappa shape index (κ2) is 5.48. The predicted octanol–water partition coefficient (Wildman–Crippen LogP) is 2.71. The van der Waals surface area contributed by atoms with E-state index in [0.717, 1.165) is 21.3 Å². The summed E-state index contributed by atoms with van der Waals surface area (Å²) in [5.74, 6) is -0.0783. The number of imidazole rings is 1. The average Bonchev–Trinajstić information content (AvgIpc) is 3.09. The first-order valence-electron chi connectivity index (χ1n) is 7.29. The molecule has 4 aromatic rings. The number of nitrogens with one attached hydrogen (secondary N) is 1. The number of anilines is 1. The molecule has 1 amide bonds. The van der Waals surface area contributed by atoms with E-state index in [4.69, 9.17) is 0 Å². The van der Waals surface area contributed by atoms with Crippen molar-refractivity contribution in [2.75, 3.05) is 5.32 Å². The van der Waals surface area contributed by atoms with Gasteiger partial charge in [0.2, 0.25) is 6.33 Å². The Balaban J connectivity index is 1.57. The van der Waals surface area contributed by atoms with E-state index in [9.17, 15) is 4.79 Å². The normalized spacial score (nSPS) is 11.2. The van der Waals surface area contributed by atoms with Crippen molar-refractivity contribution < 1.29 is 9.36 Å². The molecule has 0 aliphatic carbocycles. The number of aryl methyl sites for hydroxylation is 1. The molecule has 0 spiro atoms. The fourth-order valence-corrected chi connectivity index (χ4v) is 3.59. The fraction of sp³-hybridized carbons (Fsp3) is 0.118. The Hall–Kier alpha value is -2.73. The topological polar surface area (TPSA) is 50.8 Å². The lowest BCUT2D eigenvalue weighted by Crippen LogP contribution is -2.26. The Labute approximate surface area is 136 Å². The Morgan fingerprint density at radius 1 is 1.22 bits per heavy atom. The van der Waals surface area contributed by atoms with Gasteiger partial charge in [0.1, 0.15) is 0 Å². The molecule has 0 bridgehead atoms. The summed E-state index contributed by atoms with van der Waals surface area (Å²) in [4.78, 5) is 16.8. The SMILES string of the molecule is C[n+]1cn(CC(=O)Nc2nc3ccccc3s2)c2ccccc21. The summed E-state index contributed by atoms with van der Waals surface area (Å²) >= 11 is 1.49. The van der Waals surface area contributed by atoms with Gasteiger partial charge in [-0.3, -0.25) is 10.1 Å². The van der Waals surface area contributed by atoms with E-state index in [1.54, 1.807) is 0 Å². The maximum Gasteiger partial charge on any atom is 0.268 e. The van der Waals surface area contributed by atoms with Crippen molar-refractivity contribution >= 4 is 43.6 Å². The van der Waals surface area contributed by atoms with Gasteiger partial charge in [-0.05, 0) is 24.3 Å². The van der Waals surface area contributed by atoms with E-state index in [1.165, 1.54) is 11.3 Å². The van der Waals surface area contributed by atoms with Crippen LogP contribution >= 0.6 is 11.3 Å². The molecule has 0 atom stereocenters. The van der Waals surface area contributed by atoms with Gasteiger partial charge in [0.15, 0.2) is 22.7 Å². The standard InChI is InChI=1S/C17H14N4OS/c1-20-11-21(14-8-4-3-7-13(14)20)10-16(22)19-17-18-12-6-2-5-9-15(12)23-17/h2-9,11H,10H2,1H3/p+1. The maximum absolute atomic E-state index is 12.3. The molecule has 5 nitrogen and oxygen atoms in total. The third-order valence-corrected chi connectivity index (χ3v) is 4.69. The quantitative estimate of drug-likeness (QED) is 0.589. The Bertz CT molecular complexity index is 985. The zero-order chi connectivity index (χ0) is 15.8. The molecule has 2 aromatic carbocycles. The zero-order valence-electron chi connectivity index (χ0n) is 12.6. The van der Waals surface area contributed by atoms with Gasteiger partial charge in [0.25, 0.3) is 5.91 Å². The lowest BCUT2D eigenvalue weighted by molar-refractivity contribution is -0.645. The van der Waals surface area contributed by atoms with E-state index in [0.29, 0.717) is 5.13 Å². The van der Waals surface area contributed by atoms with Crippen LogP contribution in [0.3, 0.4) is 0 Å². The van der Waals surface area contributed by atoms with Gasteiger partial charge in [-0.25, -0.2) is 14.1 Å². The third-order valence-electron chi connectivity index (χ3n) is 3.74. The molecule has 4 rings (SSSR count). The summed E-state index contributed by atoms with van der Waals surface area (Å²) in [7, 11) is 1.98. The van der Waals surface area contributed by atoms with Gasteiger partial charge in [0.05, 0.1) is 17.3 Å². The van der Waals surface area contributed by atoms with Crippen LogP contribution in [0.2, 0.25) is 0 Å². The van der Waals surface area contributed by atoms with Gasteiger partial charge in [-0.15, -0.1) is 0 Å². The lowest BCUT2D eigenvalue weighted by Gasteiger charge is -1.99. The second-order valence-electron chi connectivity index (χ2n) is 5.38. The number of carbonyl (C=O) groups excluding carboxylic acids is 1. The van der Waals surface area contributed by atoms with E-state index < -0.39 is 0 Å². The molecule has 0 saturated heterocycles. The Kier molecular flexibility index (Phi) is 3.31. The molecule has 114 valence electrons. The minimum Gasteiger partial charge on any atom is -0.298 e. The number of rotatable bonds is 3. The highest BCUT2D eigenvalue weighted by Crippen LogP contribution is 2.25. The van der Waals surface area contributed by atoms with Crippen molar-refractivity contribution in [2.45, 2.75) is 6.54 Å². The lowest BCUT2D eigenvalue weighted by atomic mass is 10.3. The van der Waals surface area contributed by atoms with Crippen molar-refractivity contribution in [3.8, 4) is 0 Å². The monoisotopic (exact) mass is 323 g/mol. The molecule has 0 saturated carbocycles. The van der Waals surface area contributed by atoms with Crippen LogP contribution in [0.4, 0.5) is 5.13 Å². The van der Waals surface area contributed by atoms with Gasteiger partial charge in [0, 0.05) is 0 Å².